The predicted molar refractivity (Wildman–Crippen MR) is 218 cm³/mol. The quantitative estimate of drug-likeness (QED) is 0.137. The minimum atomic E-state index is -0.417. The highest BCUT2D eigenvalue weighted by Crippen LogP contribution is 2.51. The molecule has 2 heterocycles. The zero-order valence-electron chi connectivity index (χ0n) is 34.5. The van der Waals surface area contributed by atoms with Crippen molar-refractivity contribution in [2.24, 2.45) is 23.7 Å². The molecule has 0 N–H and O–H groups in total. The first-order valence-corrected chi connectivity index (χ1v) is 20.8. The summed E-state index contributed by atoms with van der Waals surface area (Å²) in [5.74, 6) is 3.33. The normalized spacial score (nSPS) is 22.5. The number of hydrogen-bond acceptors (Lipinski definition) is 5. The first-order chi connectivity index (χ1) is 23.4. The van der Waals surface area contributed by atoms with Gasteiger partial charge in [0.15, 0.2) is 5.78 Å². The molecular formula is C43H75BNO4S. The molecule has 1 aromatic carbocycles. The summed E-state index contributed by atoms with van der Waals surface area (Å²) in [7, 11) is 1.85. The van der Waals surface area contributed by atoms with Crippen LogP contribution in [-0.4, -0.2) is 48.3 Å². The molecule has 285 valence electrons. The lowest BCUT2D eigenvalue weighted by atomic mass is 9.73. The van der Waals surface area contributed by atoms with E-state index in [2.05, 4.69) is 99.3 Å². The highest BCUT2D eigenvalue weighted by atomic mass is 32.1. The maximum atomic E-state index is 14.0. The Hall–Kier alpha value is -1.31. The fourth-order valence-corrected chi connectivity index (χ4v) is 7.45. The van der Waals surface area contributed by atoms with Gasteiger partial charge in [-0.1, -0.05) is 118 Å². The molecule has 7 heteroatoms. The van der Waals surface area contributed by atoms with Crippen molar-refractivity contribution in [1.29, 1.82) is 0 Å². The standard InChI is InChI=1S/C27H43BNO2S.C8H14O2.C8H18/c1-8-11-19-16-21(17-19)29-23-18-20(28-31-25(4,5)26(6,7)32)12-13-22(23)27(14-9-2,15-10-3)24(29)30;1-6(2)8(9)7-4-3-5-10-7;1-5-7(3)8(4)6-2/h12-13,18-19,21,32H,8-11,14-17H2,1-7H3;6-7H,3-5H2,1-2H3;7-8H,5-6H2,1-4H3. The second-order valence-corrected chi connectivity index (χ2v) is 18.1. The Balaban J connectivity index is 0.000000392. The van der Waals surface area contributed by atoms with Gasteiger partial charge < -0.3 is 14.3 Å². The molecule has 3 atom stereocenters. The number of nitrogens with zero attached hydrogens (tertiary/aromatic N) is 1. The third kappa shape index (κ3) is 11.3. The second-order valence-electron chi connectivity index (χ2n) is 16.9. The second kappa shape index (κ2) is 20.2. The number of amides is 1. The lowest BCUT2D eigenvalue weighted by Gasteiger charge is -2.42. The van der Waals surface area contributed by atoms with Crippen LogP contribution in [0.1, 0.15) is 173 Å². The van der Waals surface area contributed by atoms with Crippen LogP contribution in [0.25, 0.3) is 0 Å². The number of carbonyl (C=O) groups is 2. The Morgan fingerprint density at radius 2 is 1.56 bits per heavy atom. The largest absolute Gasteiger partial charge is 0.428 e. The molecule has 4 rings (SSSR count). The van der Waals surface area contributed by atoms with Gasteiger partial charge in [0.1, 0.15) is 6.10 Å². The minimum Gasteiger partial charge on any atom is -0.428 e. The molecule has 50 heavy (non-hydrogen) atoms. The summed E-state index contributed by atoms with van der Waals surface area (Å²) in [6, 6.07) is 6.86. The third-order valence-electron chi connectivity index (χ3n) is 12.1. The molecule has 0 bridgehead atoms. The number of thiol groups is 1. The van der Waals surface area contributed by atoms with E-state index in [0.29, 0.717) is 11.9 Å². The smallest absolute Gasteiger partial charge is 0.330 e. The van der Waals surface area contributed by atoms with Crippen LogP contribution in [0, 0.1) is 23.7 Å². The van der Waals surface area contributed by atoms with E-state index < -0.39 is 5.60 Å². The van der Waals surface area contributed by atoms with Crippen LogP contribution >= 0.6 is 12.6 Å². The zero-order valence-corrected chi connectivity index (χ0v) is 35.4. The molecule has 3 aliphatic rings. The number of fused-ring (bicyclic) bond motifs is 1. The Labute approximate surface area is 314 Å². The van der Waals surface area contributed by atoms with Crippen molar-refractivity contribution in [3.63, 3.8) is 0 Å². The summed E-state index contributed by atoms with van der Waals surface area (Å²) in [5.41, 5.74) is 2.59. The summed E-state index contributed by atoms with van der Waals surface area (Å²) >= 11 is 4.72. The number of anilines is 1. The zero-order chi connectivity index (χ0) is 37.9. The Morgan fingerprint density at radius 3 is 2.00 bits per heavy atom. The lowest BCUT2D eigenvalue weighted by molar-refractivity contribution is -0.130. The molecule has 1 saturated heterocycles. The number of rotatable bonds is 16. The van der Waals surface area contributed by atoms with Gasteiger partial charge in [0.2, 0.25) is 5.91 Å². The molecule has 1 radical (unpaired) electrons. The van der Waals surface area contributed by atoms with Crippen LogP contribution in [-0.2, 0) is 24.4 Å². The predicted octanol–water partition coefficient (Wildman–Crippen LogP) is 10.7. The van der Waals surface area contributed by atoms with E-state index in [-0.39, 0.29) is 28.0 Å². The topological polar surface area (TPSA) is 55.8 Å². The van der Waals surface area contributed by atoms with Crippen molar-refractivity contribution in [1.82, 2.24) is 0 Å². The molecule has 0 aromatic heterocycles. The molecular weight excluding hydrogens is 637 g/mol. The van der Waals surface area contributed by atoms with Gasteiger partial charge in [0, 0.05) is 29.0 Å². The van der Waals surface area contributed by atoms with Crippen LogP contribution in [0.3, 0.4) is 0 Å². The lowest BCUT2D eigenvalue weighted by Crippen LogP contribution is -2.50. The van der Waals surface area contributed by atoms with E-state index in [1.807, 2.05) is 21.3 Å². The number of ether oxygens (including phenoxy) is 1. The molecule has 2 aliphatic heterocycles. The van der Waals surface area contributed by atoms with Gasteiger partial charge in [-0.25, -0.2) is 0 Å². The molecule has 0 spiro atoms. The average Bonchev–Trinajstić information content (AvgIpc) is 3.67. The SMILES string of the molecule is CC(C)C(=O)C1CCCO1.CCC(C)C(C)CC.CCCC1CC(N2C(=O)C(CCC)(CCC)c3ccc([B]OC(C)(C)C(C)(C)S)cc32)C1. The van der Waals surface area contributed by atoms with Crippen molar-refractivity contribution in [3.8, 4) is 0 Å². The summed E-state index contributed by atoms with van der Waals surface area (Å²) in [4.78, 5) is 27.4. The number of carbonyl (C=O) groups excluding carboxylic acids is 2. The van der Waals surface area contributed by atoms with Gasteiger partial charge in [-0.15, -0.1) is 0 Å². The van der Waals surface area contributed by atoms with Crippen LogP contribution in [0.4, 0.5) is 5.69 Å². The summed E-state index contributed by atoms with van der Waals surface area (Å²) in [6.07, 6.45) is 13.2. The number of benzene rings is 1. The Kier molecular flexibility index (Phi) is 18.1. The van der Waals surface area contributed by atoms with Gasteiger partial charge in [0.25, 0.3) is 0 Å². The Bertz CT molecular complexity index is 1170. The molecule has 3 unspecified atom stereocenters. The van der Waals surface area contributed by atoms with Gasteiger partial charge in [-0.05, 0) is 95.6 Å². The minimum absolute atomic E-state index is 0.0833. The van der Waals surface area contributed by atoms with E-state index in [0.717, 1.165) is 86.9 Å². The monoisotopic (exact) mass is 713 g/mol. The molecule has 1 amide bonds. The van der Waals surface area contributed by atoms with E-state index in [1.54, 1.807) is 0 Å². The van der Waals surface area contributed by atoms with Gasteiger partial charge in [0.05, 0.1) is 11.0 Å². The fourth-order valence-electron chi connectivity index (χ4n) is 7.40. The van der Waals surface area contributed by atoms with E-state index in [9.17, 15) is 9.59 Å². The van der Waals surface area contributed by atoms with E-state index in [1.165, 1.54) is 31.2 Å². The number of Topliss-reactive ketones (excluding diaryl/α,β-unsaturated/α-hetero) is 1. The molecule has 5 nitrogen and oxygen atoms in total. The van der Waals surface area contributed by atoms with Crippen molar-refractivity contribution in [2.75, 3.05) is 11.5 Å². The summed E-state index contributed by atoms with van der Waals surface area (Å²) in [6.45, 7) is 28.7. The molecule has 2 fully saturated rings. The van der Waals surface area contributed by atoms with E-state index in [4.69, 9.17) is 22.0 Å². The number of ketones is 1. The highest BCUT2D eigenvalue weighted by molar-refractivity contribution is 7.81. The molecule has 1 aromatic rings. The van der Waals surface area contributed by atoms with Crippen molar-refractivity contribution in [3.05, 3.63) is 23.8 Å². The van der Waals surface area contributed by atoms with Gasteiger partial charge >= 0.3 is 7.48 Å². The van der Waals surface area contributed by atoms with Crippen molar-refractivity contribution >= 4 is 43.0 Å². The maximum Gasteiger partial charge on any atom is 0.330 e. The van der Waals surface area contributed by atoms with Crippen LogP contribution in [0.2, 0.25) is 0 Å². The summed E-state index contributed by atoms with van der Waals surface area (Å²) in [5, 5.41) is 0. The third-order valence-corrected chi connectivity index (χ3v) is 12.6. The van der Waals surface area contributed by atoms with Crippen LogP contribution < -0.4 is 10.4 Å². The highest BCUT2D eigenvalue weighted by Gasteiger charge is 2.53. The van der Waals surface area contributed by atoms with Gasteiger partial charge in [-0.2, -0.15) is 12.6 Å². The first-order valence-electron chi connectivity index (χ1n) is 20.3. The first kappa shape index (κ1) is 44.9. The fraction of sp³-hybridized carbons (Fsp3) is 0.814. The molecule has 1 aliphatic carbocycles. The Morgan fingerprint density at radius 1 is 0.980 bits per heavy atom. The van der Waals surface area contributed by atoms with E-state index >= 15 is 0 Å². The molecule has 1 saturated carbocycles. The van der Waals surface area contributed by atoms with Crippen molar-refractivity contribution < 1.29 is 19.0 Å². The van der Waals surface area contributed by atoms with Crippen molar-refractivity contribution in [2.45, 2.75) is 195 Å². The van der Waals surface area contributed by atoms with Gasteiger partial charge in [-0.3, -0.25) is 9.59 Å². The number of hydrogen-bond donors (Lipinski definition) is 1. The average molecular weight is 713 g/mol. The maximum absolute atomic E-state index is 14.0. The van der Waals surface area contributed by atoms with Crippen LogP contribution in [0.5, 0.6) is 0 Å². The summed E-state index contributed by atoms with van der Waals surface area (Å²) < 4.78 is 11.1. The van der Waals surface area contributed by atoms with Crippen LogP contribution in [0.15, 0.2) is 18.2 Å².